The Bertz CT molecular complexity index is 313. The molecule has 2 aliphatic rings. The smallest absolute Gasteiger partial charge is 0.410 e. The van der Waals surface area contributed by atoms with E-state index >= 15 is 0 Å². The molecule has 0 bridgehead atoms. The van der Waals surface area contributed by atoms with E-state index in [2.05, 4.69) is 41.5 Å². The van der Waals surface area contributed by atoms with E-state index in [1.54, 1.807) is 7.69 Å². The predicted octanol–water partition coefficient (Wildman–Crippen LogP) is 5.48. The lowest BCUT2D eigenvalue weighted by molar-refractivity contribution is -0.00383. The van der Waals surface area contributed by atoms with Gasteiger partial charge in [-0.05, 0) is 61.2 Å². The molecule has 0 N–H and O–H groups in total. The highest BCUT2D eigenvalue weighted by atomic mass is 16.6. The highest BCUT2D eigenvalue weighted by Gasteiger charge is 2.34. The van der Waals surface area contributed by atoms with E-state index in [1.165, 1.54) is 38.5 Å². The monoisotopic (exact) mass is 321 g/mol. The second kappa shape index (κ2) is 8.90. The van der Waals surface area contributed by atoms with Gasteiger partial charge in [0.05, 0.1) is 0 Å². The van der Waals surface area contributed by atoms with E-state index in [4.69, 9.17) is 9.31 Å². The SMILES string of the molecule is CC1CCC(C(C)C)C(O[B]OC2CC(C)CCC2C(C)C)C1. The summed E-state index contributed by atoms with van der Waals surface area (Å²) in [4.78, 5) is 0. The zero-order chi connectivity index (χ0) is 17.0. The summed E-state index contributed by atoms with van der Waals surface area (Å²) in [5, 5.41) is 0. The fraction of sp³-hybridized carbons (Fsp3) is 1.00. The molecular formula is C20H38BO2. The maximum absolute atomic E-state index is 6.15. The Balaban J connectivity index is 1.83. The molecule has 0 aromatic rings. The summed E-state index contributed by atoms with van der Waals surface area (Å²) in [5.74, 6) is 4.30. The van der Waals surface area contributed by atoms with Crippen molar-refractivity contribution < 1.29 is 9.31 Å². The van der Waals surface area contributed by atoms with Crippen LogP contribution in [0, 0.1) is 35.5 Å². The van der Waals surface area contributed by atoms with Crippen LogP contribution in [0.25, 0.3) is 0 Å². The Morgan fingerprint density at radius 3 is 1.43 bits per heavy atom. The minimum Gasteiger partial charge on any atom is -0.410 e. The van der Waals surface area contributed by atoms with E-state index in [9.17, 15) is 0 Å². The summed E-state index contributed by atoms with van der Waals surface area (Å²) in [5.41, 5.74) is 0. The molecule has 1 radical (unpaired) electrons. The standard InChI is InChI=1S/C20H38BO2/c1-13(2)17-9-7-15(5)11-19(17)22-21-23-20-12-16(6)8-10-18(20)14(3)4/h13-20H,7-12H2,1-6H3. The zero-order valence-electron chi connectivity index (χ0n) is 16.3. The first kappa shape index (κ1) is 19.3. The van der Waals surface area contributed by atoms with Crippen molar-refractivity contribution in [1.82, 2.24) is 0 Å². The van der Waals surface area contributed by atoms with Crippen LogP contribution in [-0.2, 0) is 9.31 Å². The van der Waals surface area contributed by atoms with Crippen molar-refractivity contribution in [2.24, 2.45) is 35.5 Å². The quantitative estimate of drug-likeness (QED) is 0.603. The van der Waals surface area contributed by atoms with Crippen molar-refractivity contribution >= 4 is 7.69 Å². The Morgan fingerprint density at radius 1 is 0.696 bits per heavy atom. The summed E-state index contributed by atoms with van der Waals surface area (Å²) >= 11 is 0. The van der Waals surface area contributed by atoms with Gasteiger partial charge in [0, 0.05) is 12.2 Å². The third-order valence-electron chi connectivity index (χ3n) is 6.38. The molecule has 23 heavy (non-hydrogen) atoms. The fourth-order valence-corrected chi connectivity index (χ4v) is 4.72. The van der Waals surface area contributed by atoms with Gasteiger partial charge in [0.2, 0.25) is 0 Å². The van der Waals surface area contributed by atoms with E-state index in [0.29, 0.717) is 35.9 Å². The summed E-state index contributed by atoms with van der Waals surface area (Å²) in [6, 6.07) is 0. The average Bonchev–Trinajstić information content (AvgIpc) is 2.46. The lowest BCUT2D eigenvalue weighted by atomic mass is 9.74. The maximum Gasteiger partial charge on any atom is 0.488 e. The van der Waals surface area contributed by atoms with Crippen LogP contribution in [0.15, 0.2) is 0 Å². The van der Waals surface area contributed by atoms with Crippen molar-refractivity contribution in [3.63, 3.8) is 0 Å². The first-order chi connectivity index (χ1) is 10.9. The van der Waals surface area contributed by atoms with Crippen LogP contribution < -0.4 is 0 Å². The van der Waals surface area contributed by atoms with Gasteiger partial charge in [-0.25, -0.2) is 0 Å². The van der Waals surface area contributed by atoms with Crippen LogP contribution in [0.1, 0.15) is 80.1 Å². The minimum absolute atomic E-state index is 0.345. The number of hydrogen-bond donors (Lipinski definition) is 0. The minimum atomic E-state index is 0.345. The van der Waals surface area contributed by atoms with E-state index in [-0.39, 0.29) is 0 Å². The van der Waals surface area contributed by atoms with Gasteiger partial charge in [0.25, 0.3) is 0 Å². The van der Waals surface area contributed by atoms with Crippen molar-refractivity contribution in [2.75, 3.05) is 0 Å². The molecule has 6 atom stereocenters. The third kappa shape index (κ3) is 5.49. The van der Waals surface area contributed by atoms with Gasteiger partial charge in [-0.15, -0.1) is 0 Å². The molecule has 6 unspecified atom stereocenters. The molecule has 0 heterocycles. The van der Waals surface area contributed by atoms with Crippen LogP contribution in [0.2, 0.25) is 0 Å². The molecule has 0 aromatic heterocycles. The summed E-state index contributed by atoms with van der Waals surface area (Å²) in [6.45, 7) is 14.0. The molecule has 0 aromatic carbocycles. The molecule has 0 amide bonds. The highest BCUT2D eigenvalue weighted by Crippen LogP contribution is 2.37. The van der Waals surface area contributed by atoms with Crippen LogP contribution in [-0.4, -0.2) is 19.9 Å². The van der Waals surface area contributed by atoms with Gasteiger partial charge < -0.3 is 9.31 Å². The Hall–Kier alpha value is -0.0151. The Labute approximate surface area is 145 Å². The van der Waals surface area contributed by atoms with Gasteiger partial charge in [-0.3, -0.25) is 0 Å². The van der Waals surface area contributed by atoms with E-state index in [1.807, 2.05) is 0 Å². The Kier molecular flexibility index (Phi) is 7.47. The van der Waals surface area contributed by atoms with Gasteiger partial charge in [0.15, 0.2) is 0 Å². The van der Waals surface area contributed by atoms with Crippen LogP contribution in [0.4, 0.5) is 0 Å². The maximum atomic E-state index is 6.15. The van der Waals surface area contributed by atoms with E-state index < -0.39 is 0 Å². The van der Waals surface area contributed by atoms with Gasteiger partial charge >= 0.3 is 7.69 Å². The lowest BCUT2D eigenvalue weighted by Gasteiger charge is -2.39. The lowest BCUT2D eigenvalue weighted by Crippen LogP contribution is -2.39. The van der Waals surface area contributed by atoms with Gasteiger partial charge in [-0.1, -0.05) is 54.4 Å². The van der Waals surface area contributed by atoms with Gasteiger partial charge in [0.1, 0.15) is 0 Å². The molecule has 2 aliphatic carbocycles. The zero-order valence-corrected chi connectivity index (χ0v) is 16.3. The molecule has 0 aliphatic heterocycles. The molecule has 2 rings (SSSR count). The first-order valence-electron chi connectivity index (χ1n) is 10.0. The topological polar surface area (TPSA) is 18.5 Å². The average molecular weight is 321 g/mol. The molecular weight excluding hydrogens is 283 g/mol. The van der Waals surface area contributed by atoms with Crippen molar-refractivity contribution in [3.05, 3.63) is 0 Å². The van der Waals surface area contributed by atoms with Crippen molar-refractivity contribution in [3.8, 4) is 0 Å². The third-order valence-corrected chi connectivity index (χ3v) is 6.38. The Morgan fingerprint density at radius 2 is 1.09 bits per heavy atom. The highest BCUT2D eigenvalue weighted by molar-refractivity contribution is 6.18. The van der Waals surface area contributed by atoms with Crippen molar-refractivity contribution in [2.45, 2.75) is 92.3 Å². The first-order valence-corrected chi connectivity index (χ1v) is 10.0. The van der Waals surface area contributed by atoms with E-state index in [0.717, 1.165) is 11.8 Å². The van der Waals surface area contributed by atoms with Gasteiger partial charge in [-0.2, -0.15) is 0 Å². The second-order valence-corrected chi connectivity index (χ2v) is 9.10. The largest absolute Gasteiger partial charge is 0.488 e. The molecule has 2 saturated carbocycles. The van der Waals surface area contributed by atoms with Crippen LogP contribution in [0.3, 0.4) is 0 Å². The number of rotatable bonds is 6. The summed E-state index contributed by atoms with van der Waals surface area (Å²) in [7, 11) is 1.72. The molecule has 0 spiro atoms. The molecule has 0 saturated heterocycles. The molecule has 133 valence electrons. The summed E-state index contributed by atoms with van der Waals surface area (Å²) < 4.78 is 12.3. The molecule has 2 fully saturated rings. The second-order valence-electron chi connectivity index (χ2n) is 9.10. The molecule has 3 heteroatoms. The molecule has 2 nitrogen and oxygen atoms in total. The van der Waals surface area contributed by atoms with Crippen LogP contribution in [0.5, 0.6) is 0 Å². The van der Waals surface area contributed by atoms with Crippen molar-refractivity contribution in [1.29, 1.82) is 0 Å². The van der Waals surface area contributed by atoms with Crippen LogP contribution >= 0.6 is 0 Å². The fourth-order valence-electron chi connectivity index (χ4n) is 4.72. The normalized spacial score (nSPS) is 39.0. The number of hydrogen-bond acceptors (Lipinski definition) is 2. The summed E-state index contributed by atoms with van der Waals surface area (Å²) in [6.07, 6.45) is 8.33. The predicted molar refractivity (Wildman–Crippen MR) is 98.2 cm³/mol.